The number of carbonyl (C=O) groups is 1. The van der Waals surface area contributed by atoms with Crippen molar-refractivity contribution in [1.82, 2.24) is 10.2 Å². The Labute approximate surface area is 85.3 Å². The molecule has 0 aliphatic carbocycles. The lowest BCUT2D eigenvalue weighted by molar-refractivity contribution is 0.0484. The highest BCUT2D eigenvalue weighted by Crippen LogP contribution is 2.26. The number of carboxylic acid groups (broad SMARTS) is 1. The van der Waals surface area contributed by atoms with Crippen LogP contribution in [0.3, 0.4) is 0 Å². The van der Waals surface area contributed by atoms with Gasteiger partial charge in [-0.3, -0.25) is 0 Å². The fraction of sp³-hybridized carbons (Fsp3) is 0.900. The van der Waals surface area contributed by atoms with Crippen LogP contribution < -0.4 is 5.32 Å². The minimum Gasteiger partial charge on any atom is -0.465 e. The third-order valence-corrected chi connectivity index (χ3v) is 2.68. The average molecular weight is 200 g/mol. The second-order valence-electron chi connectivity index (χ2n) is 5.45. The van der Waals surface area contributed by atoms with Gasteiger partial charge in [-0.25, -0.2) is 4.79 Å². The van der Waals surface area contributed by atoms with Crippen molar-refractivity contribution in [2.45, 2.75) is 33.2 Å². The lowest BCUT2D eigenvalue weighted by Gasteiger charge is -2.45. The molecule has 1 amide bonds. The molecule has 1 saturated heterocycles. The molecule has 82 valence electrons. The van der Waals surface area contributed by atoms with Gasteiger partial charge < -0.3 is 15.3 Å². The summed E-state index contributed by atoms with van der Waals surface area (Å²) in [5.74, 6) is 0. The van der Waals surface area contributed by atoms with Gasteiger partial charge >= 0.3 is 6.09 Å². The van der Waals surface area contributed by atoms with Crippen LogP contribution >= 0.6 is 0 Å². The van der Waals surface area contributed by atoms with Crippen molar-refractivity contribution in [3.05, 3.63) is 0 Å². The summed E-state index contributed by atoms with van der Waals surface area (Å²) in [5, 5.41) is 12.3. The minimum absolute atomic E-state index is 0.117. The third kappa shape index (κ3) is 2.38. The first-order chi connectivity index (χ1) is 6.25. The van der Waals surface area contributed by atoms with Gasteiger partial charge in [0.15, 0.2) is 0 Å². The molecule has 1 heterocycles. The Kier molecular flexibility index (Phi) is 2.76. The maximum absolute atomic E-state index is 11.1. The largest absolute Gasteiger partial charge is 0.465 e. The average Bonchev–Trinajstić information content (AvgIpc) is 1.93. The van der Waals surface area contributed by atoms with Crippen LogP contribution in [0.2, 0.25) is 0 Å². The quantitative estimate of drug-likeness (QED) is 0.708. The van der Waals surface area contributed by atoms with Crippen LogP contribution in [0.25, 0.3) is 0 Å². The molecule has 0 saturated carbocycles. The van der Waals surface area contributed by atoms with Gasteiger partial charge in [0.25, 0.3) is 0 Å². The van der Waals surface area contributed by atoms with E-state index < -0.39 is 6.09 Å². The van der Waals surface area contributed by atoms with Crippen molar-refractivity contribution in [3.8, 4) is 0 Å². The van der Waals surface area contributed by atoms with Crippen LogP contribution in [0.15, 0.2) is 0 Å². The smallest absolute Gasteiger partial charge is 0.407 e. The molecular formula is C10H20N2O2. The van der Waals surface area contributed by atoms with Gasteiger partial charge in [0.1, 0.15) is 0 Å². The molecule has 1 rings (SSSR count). The fourth-order valence-electron chi connectivity index (χ4n) is 1.64. The van der Waals surface area contributed by atoms with Crippen LogP contribution in [0.5, 0.6) is 0 Å². The Bertz CT molecular complexity index is 229. The van der Waals surface area contributed by atoms with Gasteiger partial charge in [-0.1, -0.05) is 6.92 Å². The van der Waals surface area contributed by atoms with Gasteiger partial charge in [-0.15, -0.1) is 0 Å². The molecule has 14 heavy (non-hydrogen) atoms. The van der Waals surface area contributed by atoms with Gasteiger partial charge in [-0.2, -0.15) is 0 Å². The normalized spacial score (nSPS) is 20.0. The topological polar surface area (TPSA) is 52.6 Å². The Morgan fingerprint density at radius 2 is 2.00 bits per heavy atom. The zero-order valence-corrected chi connectivity index (χ0v) is 9.42. The first-order valence-electron chi connectivity index (χ1n) is 4.96. The van der Waals surface area contributed by atoms with Crippen LogP contribution in [0, 0.1) is 5.41 Å². The second kappa shape index (κ2) is 3.42. The van der Waals surface area contributed by atoms with E-state index in [2.05, 4.69) is 12.2 Å². The monoisotopic (exact) mass is 200 g/mol. The van der Waals surface area contributed by atoms with E-state index in [0.717, 1.165) is 13.1 Å². The summed E-state index contributed by atoms with van der Waals surface area (Å²) in [6.07, 6.45) is -0.828. The molecule has 0 aromatic heterocycles. The van der Waals surface area contributed by atoms with Gasteiger partial charge in [0.2, 0.25) is 0 Å². The van der Waals surface area contributed by atoms with Crippen LogP contribution in [-0.2, 0) is 0 Å². The molecule has 0 spiro atoms. The second-order valence-corrected chi connectivity index (χ2v) is 5.45. The zero-order chi connectivity index (χ0) is 11.0. The zero-order valence-electron chi connectivity index (χ0n) is 9.42. The molecule has 4 heteroatoms. The summed E-state index contributed by atoms with van der Waals surface area (Å²) in [7, 11) is 0. The molecule has 0 bridgehead atoms. The first kappa shape index (κ1) is 11.3. The van der Waals surface area contributed by atoms with Crippen molar-refractivity contribution >= 4 is 6.09 Å². The van der Waals surface area contributed by atoms with E-state index in [0.29, 0.717) is 6.54 Å². The van der Waals surface area contributed by atoms with Crippen molar-refractivity contribution < 1.29 is 9.90 Å². The Morgan fingerprint density at radius 3 is 2.21 bits per heavy atom. The molecule has 0 unspecified atom stereocenters. The van der Waals surface area contributed by atoms with E-state index in [4.69, 9.17) is 5.11 Å². The molecule has 2 N–H and O–H groups in total. The summed E-state index contributed by atoms with van der Waals surface area (Å²) >= 11 is 0. The lowest BCUT2D eigenvalue weighted by atomic mass is 9.82. The molecular weight excluding hydrogens is 180 g/mol. The Balaban J connectivity index is 2.65. The van der Waals surface area contributed by atoms with Crippen molar-refractivity contribution in [2.75, 3.05) is 19.6 Å². The van der Waals surface area contributed by atoms with E-state index in [1.807, 2.05) is 20.8 Å². The standard InChI is InChI=1S/C10H20N2O2/c1-9(2,3)12(8(13)14)7-10(4)5-11-6-10/h11H,5-7H2,1-4H3,(H,13,14). The summed E-state index contributed by atoms with van der Waals surface area (Å²) in [6.45, 7) is 10.3. The highest BCUT2D eigenvalue weighted by atomic mass is 16.4. The van der Waals surface area contributed by atoms with Crippen molar-refractivity contribution in [1.29, 1.82) is 0 Å². The van der Waals surface area contributed by atoms with Crippen molar-refractivity contribution in [3.63, 3.8) is 0 Å². The predicted octanol–water partition coefficient (Wildman–Crippen LogP) is 1.37. The summed E-state index contributed by atoms with van der Waals surface area (Å²) in [4.78, 5) is 12.6. The Morgan fingerprint density at radius 1 is 1.50 bits per heavy atom. The van der Waals surface area contributed by atoms with Crippen LogP contribution in [0.4, 0.5) is 4.79 Å². The number of amides is 1. The summed E-state index contributed by atoms with van der Waals surface area (Å²) < 4.78 is 0. The maximum atomic E-state index is 11.1. The summed E-state index contributed by atoms with van der Waals surface area (Å²) in [5.41, 5.74) is -0.198. The highest BCUT2D eigenvalue weighted by Gasteiger charge is 2.38. The minimum atomic E-state index is -0.828. The van der Waals surface area contributed by atoms with Crippen LogP contribution in [-0.4, -0.2) is 41.3 Å². The maximum Gasteiger partial charge on any atom is 0.407 e. The van der Waals surface area contributed by atoms with E-state index in [-0.39, 0.29) is 11.0 Å². The fourth-order valence-corrected chi connectivity index (χ4v) is 1.64. The predicted molar refractivity (Wildman–Crippen MR) is 55.5 cm³/mol. The molecule has 0 aromatic carbocycles. The molecule has 4 nitrogen and oxygen atoms in total. The van der Waals surface area contributed by atoms with Crippen LogP contribution in [0.1, 0.15) is 27.7 Å². The first-order valence-corrected chi connectivity index (χ1v) is 4.96. The molecule has 1 fully saturated rings. The molecule has 1 aliphatic heterocycles. The SMILES string of the molecule is CC1(CN(C(=O)O)C(C)(C)C)CNC1. The molecule has 0 atom stereocenters. The van der Waals surface area contributed by atoms with E-state index in [9.17, 15) is 4.79 Å². The molecule has 1 aliphatic rings. The van der Waals surface area contributed by atoms with Crippen molar-refractivity contribution in [2.24, 2.45) is 5.41 Å². The number of nitrogens with zero attached hydrogens (tertiary/aromatic N) is 1. The number of nitrogens with one attached hydrogen (secondary N) is 1. The Hall–Kier alpha value is -0.770. The van der Waals surface area contributed by atoms with E-state index >= 15 is 0 Å². The van der Waals surface area contributed by atoms with E-state index in [1.54, 1.807) is 0 Å². The lowest BCUT2D eigenvalue weighted by Crippen LogP contribution is -2.60. The molecule has 0 radical (unpaired) electrons. The van der Waals surface area contributed by atoms with Gasteiger partial charge in [-0.05, 0) is 20.8 Å². The van der Waals surface area contributed by atoms with E-state index in [1.165, 1.54) is 4.90 Å². The molecule has 0 aromatic rings. The third-order valence-electron chi connectivity index (χ3n) is 2.68. The van der Waals surface area contributed by atoms with Gasteiger partial charge in [0.05, 0.1) is 0 Å². The number of hydrogen-bond acceptors (Lipinski definition) is 2. The van der Waals surface area contributed by atoms with Gasteiger partial charge in [0, 0.05) is 30.6 Å². The summed E-state index contributed by atoms with van der Waals surface area (Å²) in [6, 6.07) is 0. The number of hydrogen-bond donors (Lipinski definition) is 2. The highest BCUT2D eigenvalue weighted by molar-refractivity contribution is 5.66. The number of rotatable bonds is 2.